The first-order valence-corrected chi connectivity index (χ1v) is 4.62. The Balaban J connectivity index is 2.29. The lowest BCUT2D eigenvalue weighted by Gasteiger charge is -2.09. The zero-order chi connectivity index (χ0) is 10.7. The lowest BCUT2D eigenvalue weighted by Crippen LogP contribution is -2.01. The van der Waals surface area contributed by atoms with Crippen LogP contribution in [-0.4, -0.2) is 22.2 Å². The molecule has 1 unspecified atom stereocenters. The summed E-state index contributed by atoms with van der Waals surface area (Å²) < 4.78 is 5.08. The molecule has 1 aromatic carbocycles. The maximum Gasteiger partial charge on any atom is 0.139 e. The Morgan fingerprint density at radius 2 is 2.33 bits per heavy atom. The van der Waals surface area contributed by atoms with Gasteiger partial charge in [0.1, 0.15) is 17.7 Å². The third kappa shape index (κ3) is 1.99. The molecule has 0 saturated carbocycles. The van der Waals surface area contributed by atoms with Crippen LogP contribution in [0.2, 0.25) is 0 Å². The van der Waals surface area contributed by atoms with Crippen molar-refractivity contribution < 1.29 is 9.84 Å². The average molecular weight is 204 g/mol. The third-order valence-corrected chi connectivity index (χ3v) is 2.19. The Bertz CT molecular complexity index is 426. The summed E-state index contributed by atoms with van der Waals surface area (Å²) in [5.41, 5.74) is 0.754. The lowest BCUT2D eigenvalue weighted by atomic mass is 10.1. The molecule has 2 N–H and O–H groups in total. The van der Waals surface area contributed by atoms with Crippen molar-refractivity contribution in [3.8, 4) is 5.75 Å². The van der Waals surface area contributed by atoms with Gasteiger partial charge in [-0.1, -0.05) is 12.1 Å². The van der Waals surface area contributed by atoms with Crippen LogP contribution in [0.1, 0.15) is 17.5 Å². The Labute approximate surface area is 87.6 Å². The fourth-order valence-electron chi connectivity index (χ4n) is 1.40. The van der Waals surface area contributed by atoms with Gasteiger partial charge < -0.3 is 14.8 Å². The molecular weight excluding hydrogens is 192 g/mol. The number of hydrogen-bond donors (Lipinski definition) is 2. The van der Waals surface area contributed by atoms with Gasteiger partial charge >= 0.3 is 0 Å². The van der Waals surface area contributed by atoms with Crippen LogP contribution < -0.4 is 4.74 Å². The van der Waals surface area contributed by atoms with Gasteiger partial charge in [-0.25, -0.2) is 4.98 Å². The molecule has 4 heteroatoms. The highest BCUT2D eigenvalue weighted by atomic mass is 16.5. The minimum absolute atomic E-state index is 0.531. The maximum absolute atomic E-state index is 9.95. The molecule has 1 heterocycles. The van der Waals surface area contributed by atoms with Crippen LogP contribution >= 0.6 is 0 Å². The number of benzene rings is 1. The summed E-state index contributed by atoms with van der Waals surface area (Å²) >= 11 is 0. The molecule has 0 fully saturated rings. The van der Waals surface area contributed by atoms with Gasteiger partial charge in [0.05, 0.1) is 7.11 Å². The number of nitrogens with one attached hydrogen (secondary N) is 1. The van der Waals surface area contributed by atoms with Crippen LogP contribution in [-0.2, 0) is 0 Å². The zero-order valence-electron chi connectivity index (χ0n) is 8.34. The van der Waals surface area contributed by atoms with E-state index in [1.807, 2.05) is 18.2 Å². The van der Waals surface area contributed by atoms with Crippen molar-refractivity contribution in [3.05, 3.63) is 48.0 Å². The van der Waals surface area contributed by atoms with Crippen molar-refractivity contribution >= 4 is 0 Å². The summed E-state index contributed by atoms with van der Waals surface area (Å²) in [6.07, 6.45) is 2.55. The number of aromatic amines is 1. The van der Waals surface area contributed by atoms with Crippen LogP contribution in [0.25, 0.3) is 0 Å². The molecular formula is C11H12N2O2. The Morgan fingerprint density at radius 1 is 1.47 bits per heavy atom. The van der Waals surface area contributed by atoms with Crippen molar-refractivity contribution in [2.75, 3.05) is 7.11 Å². The molecule has 4 nitrogen and oxygen atoms in total. The first-order chi connectivity index (χ1) is 7.31. The zero-order valence-corrected chi connectivity index (χ0v) is 8.34. The Hall–Kier alpha value is -1.81. The number of H-pyrrole nitrogens is 1. The number of aliphatic hydroxyl groups is 1. The maximum atomic E-state index is 9.95. The highest BCUT2D eigenvalue weighted by Crippen LogP contribution is 2.22. The van der Waals surface area contributed by atoms with Crippen LogP contribution in [0.5, 0.6) is 5.75 Å². The number of hydrogen-bond acceptors (Lipinski definition) is 3. The first-order valence-electron chi connectivity index (χ1n) is 4.62. The van der Waals surface area contributed by atoms with Crippen molar-refractivity contribution in [1.82, 2.24) is 9.97 Å². The van der Waals surface area contributed by atoms with E-state index in [9.17, 15) is 5.11 Å². The molecule has 78 valence electrons. The van der Waals surface area contributed by atoms with E-state index < -0.39 is 6.10 Å². The summed E-state index contributed by atoms with van der Waals surface area (Å²) in [6, 6.07) is 7.28. The van der Waals surface area contributed by atoms with E-state index in [1.165, 1.54) is 0 Å². The van der Waals surface area contributed by atoms with Gasteiger partial charge in [0, 0.05) is 12.4 Å². The average Bonchev–Trinajstić information content (AvgIpc) is 2.81. The molecule has 15 heavy (non-hydrogen) atoms. The summed E-state index contributed by atoms with van der Waals surface area (Å²) in [6.45, 7) is 0. The lowest BCUT2D eigenvalue weighted by molar-refractivity contribution is 0.210. The molecule has 0 aliphatic heterocycles. The molecule has 2 aromatic rings. The Kier molecular flexibility index (Phi) is 2.69. The Morgan fingerprint density at radius 3 is 3.00 bits per heavy atom. The van der Waals surface area contributed by atoms with E-state index in [0.717, 1.165) is 11.3 Å². The van der Waals surface area contributed by atoms with Gasteiger partial charge in [0.15, 0.2) is 0 Å². The smallest absolute Gasteiger partial charge is 0.139 e. The minimum atomic E-state index is -0.741. The second-order valence-electron chi connectivity index (χ2n) is 3.15. The largest absolute Gasteiger partial charge is 0.497 e. The van der Waals surface area contributed by atoms with E-state index in [2.05, 4.69) is 9.97 Å². The highest BCUT2D eigenvalue weighted by Gasteiger charge is 2.12. The summed E-state index contributed by atoms with van der Waals surface area (Å²) in [7, 11) is 1.60. The van der Waals surface area contributed by atoms with Gasteiger partial charge in [-0.15, -0.1) is 0 Å². The standard InChI is InChI=1S/C11H12N2O2/c1-15-9-4-2-3-8(7-9)10(14)11-12-5-6-13-11/h2-7,10,14H,1H3,(H,12,13). The summed E-state index contributed by atoms with van der Waals surface area (Å²) in [5, 5.41) is 9.95. The number of aromatic nitrogens is 2. The molecule has 0 spiro atoms. The van der Waals surface area contributed by atoms with Gasteiger partial charge in [0.25, 0.3) is 0 Å². The SMILES string of the molecule is COc1cccc(C(O)c2ncc[nH]2)c1. The fraction of sp³-hybridized carbons (Fsp3) is 0.182. The van der Waals surface area contributed by atoms with Crippen molar-refractivity contribution in [2.24, 2.45) is 0 Å². The van der Waals surface area contributed by atoms with E-state index in [-0.39, 0.29) is 0 Å². The second kappa shape index (κ2) is 4.14. The molecule has 0 amide bonds. The first kappa shape index (κ1) is 9.73. The second-order valence-corrected chi connectivity index (χ2v) is 3.15. The number of rotatable bonds is 3. The van der Waals surface area contributed by atoms with Crippen LogP contribution in [0.3, 0.4) is 0 Å². The number of imidazole rings is 1. The topological polar surface area (TPSA) is 58.1 Å². The highest BCUT2D eigenvalue weighted by molar-refractivity contribution is 5.32. The van der Waals surface area contributed by atoms with Crippen molar-refractivity contribution in [3.63, 3.8) is 0 Å². The van der Waals surface area contributed by atoms with Gasteiger partial charge in [-0.3, -0.25) is 0 Å². The number of methoxy groups -OCH3 is 1. The van der Waals surface area contributed by atoms with E-state index >= 15 is 0 Å². The quantitative estimate of drug-likeness (QED) is 0.796. The molecule has 2 rings (SSSR count). The minimum Gasteiger partial charge on any atom is -0.497 e. The fourth-order valence-corrected chi connectivity index (χ4v) is 1.40. The number of ether oxygens (including phenoxy) is 1. The summed E-state index contributed by atoms with van der Waals surface area (Å²) in [5.74, 6) is 1.25. The molecule has 0 saturated heterocycles. The molecule has 0 radical (unpaired) electrons. The normalized spacial score (nSPS) is 12.4. The predicted molar refractivity (Wildman–Crippen MR) is 55.6 cm³/mol. The predicted octanol–water partition coefficient (Wildman–Crippen LogP) is 1.50. The van der Waals surface area contributed by atoms with E-state index in [4.69, 9.17) is 4.74 Å². The van der Waals surface area contributed by atoms with Crippen molar-refractivity contribution in [2.45, 2.75) is 6.10 Å². The van der Waals surface area contributed by atoms with Crippen molar-refractivity contribution in [1.29, 1.82) is 0 Å². The van der Waals surface area contributed by atoms with Gasteiger partial charge in [0.2, 0.25) is 0 Å². The van der Waals surface area contributed by atoms with Gasteiger partial charge in [-0.05, 0) is 17.7 Å². The van der Waals surface area contributed by atoms with Crippen LogP contribution in [0.15, 0.2) is 36.7 Å². The van der Waals surface area contributed by atoms with Crippen LogP contribution in [0.4, 0.5) is 0 Å². The van der Waals surface area contributed by atoms with E-state index in [1.54, 1.807) is 25.6 Å². The molecule has 0 aliphatic rings. The van der Waals surface area contributed by atoms with E-state index in [0.29, 0.717) is 5.82 Å². The molecule has 1 aromatic heterocycles. The van der Waals surface area contributed by atoms with Crippen LogP contribution in [0, 0.1) is 0 Å². The summed E-state index contributed by atoms with van der Waals surface area (Å²) in [4.78, 5) is 6.87. The monoisotopic (exact) mass is 204 g/mol. The number of aliphatic hydroxyl groups excluding tert-OH is 1. The molecule has 0 bridgehead atoms. The molecule has 1 atom stereocenters. The molecule has 0 aliphatic carbocycles. The number of nitrogens with zero attached hydrogens (tertiary/aromatic N) is 1. The van der Waals surface area contributed by atoms with Gasteiger partial charge in [-0.2, -0.15) is 0 Å². The third-order valence-electron chi connectivity index (χ3n) is 2.19.